The van der Waals surface area contributed by atoms with Crippen molar-refractivity contribution in [3.05, 3.63) is 45.6 Å². The summed E-state index contributed by atoms with van der Waals surface area (Å²) in [4.78, 5) is 14.5. The Morgan fingerprint density at radius 1 is 1.08 bits per heavy atom. The summed E-state index contributed by atoms with van der Waals surface area (Å²) in [5, 5.41) is 18.0. The van der Waals surface area contributed by atoms with Gasteiger partial charge >= 0.3 is 0 Å². The number of thiophene rings is 1. The summed E-state index contributed by atoms with van der Waals surface area (Å²) in [5.41, 5.74) is 1.91. The Hall–Kier alpha value is -2.15. The number of ether oxygens (including phenoxy) is 1. The van der Waals surface area contributed by atoms with Crippen molar-refractivity contribution in [1.82, 2.24) is 0 Å². The second-order valence-corrected chi connectivity index (χ2v) is 6.98. The molecular weight excluding hydrogens is 350 g/mol. The number of aliphatic hydroxyl groups is 2. The minimum absolute atomic E-state index is 0.0856. The molecule has 2 aromatic rings. The monoisotopic (exact) mass is 375 g/mol. The van der Waals surface area contributed by atoms with Crippen molar-refractivity contribution in [3.63, 3.8) is 0 Å². The summed E-state index contributed by atoms with van der Waals surface area (Å²) in [5.74, 6) is 0.758. The van der Waals surface area contributed by atoms with E-state index >= 15 is 0 Å². The summed E-state index contributed by atoms with van der Waals surface area (Å²) < 4.78 is 5.92. The van der Waals surface area contributed by atoms with Crippen molar-refractivity contribution in [2.75, 3.05) is 38.3 Å². The molecule has 1 heterocycles. The first-order valence-electron chi connectivity index (χ1n) is 8.60. The van der Waals surface area contributed by atoms with Gasteiger partial charge in [0.2, 0.25) is 0 Å². The van der Waals surface area contributed by atoms with E-state index in [2.05, 4.69) is 0 Å². The second-order valence-electron chi connectivity index (χ2n) is 5.84. The summed E-state index contributed by atoms with van der Waals surface area (Å²) in [6.07, 6.45) is 6.27. The maximum absolute atomic E-state index is 10.8. The van der Waals surface area contributed by atoms with Gasteiger partial charge in [-0.1, -0.05) is 0 Å². The molecule has 0 aliphatic carbocycles. The lowest BCUT2D eigenvalue weighted by Crippen LogP contribution is -2.21. The third-order valence-electron chi connectivity index (χ3n) is 3.87. The largest absolute Gasteiger partial charge is 0.493 e. The van der Waals surface area contributed by atoms with E-state index in [1.807, 2.05) is 48.4 Å². The Labute approximate surface area is 158 Å². The van der Waals surface area contributed by atoms with Crippen LogP contribution in [-0.4, -0.2) is 49.9 Å². The molecule has 0 unspecified atom stereocenters. The zero-order valence-electron chi connectivity index (χ0n) is 14.9. The summed E-state index contributed by atoms with van der Waals surface area (Å²) in [6, 6.07) is 9.64. The summed E-state index contributed by atoms with van der Waals surface area (Å²) >= 11 is 1.44. The molecule has 1 aromatic heterocycles. The van der Waals surface area contributed by atoms with Gasteiger partial charge in [0.15, 0.2) is 6.29 Å². The Bertz CT molecular complexity index is 726. The zero-order chi connectivity index (χ0) is 18.8. The summed E-state index contributed by atoms with van der Waals surface area (Å²) in [6.45, 7) is 1.32. The molecule has 26 heavy (non-hydrogen) atoms. The van der Waals surface area contributed by atoms with E-state index in [1.165, 1.54) is 11.3 Å². The first-order chi connectivity index (χ1) is 12.7. The maximum atomic E-state index is 10.8. The van der Waals surface area contributed by atoms with E-state index < -0.39 is 0 Å². The number of likely N-dealkylation sites (N-methyl/N-ethyl adjacent to an activating group) is 1. The zero-order valence-corrected chi connectivity index (χ0v) is 15.7. The average molecular weight is 375 g/mol. The molecule has 5 nitrogen and oxygen atoms in total. The lowest BCUT2D eigenvalue weighted by atomic mass is 10.1. The second kappa shape index (κ2) is 10.8. The molecule has 0 atom stereocenters. The van der Waals surface area contributed by atoms with E-state index in [0.717, 1.165) is 34.6 Å². The molecule has 0 aliphatic rings. The fourth-order valence-corrected chi connectivity index (χ4v) is 3.12. The van der Waals surface area contributed by atoms with Gasteiger partial charge < -0.3 is 19.8 Å². The summed E-state index contributed by atoms with van der Waals surface area (Å²) in [7, 11) is 1.92. The van der Waals surface area contributed by atoms with Crippen molar-refractivity contribution in [3.8, 4) is 5.75 Å². The molecule has 0 saturated carbocycles. The molecule has 140 valence electrons. The van der Waals surface area contributed by atoms with Gasteiger partial charge in [-0.25, -0.2) is 0 Å². The predicted molar refractivity (Wildman–Crippen MR) is 107 cm³/mol. The van der Waals surface area contributed by atoms with Crippen molar-refractivity contribution in [1.29, 1.82) is 0 Å². The maximum Gasteiger partial charge on any atom is 0.160 e. The number of nitrogens with zero attached hydrogens (tertiary/aromatic N) is 1. The number of anilines is 1. The number of hydrogen-bond acceptors (Lipinski definition) is 6. The lowest BCUT2D eigenvalue weighted by molar-refractivity contribution is 0.112. The lowest BCUT2D eigenvalue weighted by Gasteiger charge is -2.20. The fraction of sp³-hybridized carbons (Fsp3) is 0.350. The molecule has 6 heteroatoms. The number of unbranched alkanes of at least 4 members (excludes halogenated alkanes) is 1. The average Bonchev–Trinajstić information content (AvgIpc) is 3.12. The van der Waals surface area contributed by atoms with Gasteiger partial charge in [0.05, 0.1) is 18.1 Å². The van der Waals surface area contributed by atoms with Crippen LogP contribution in [0.4, 0.5) is 5.69 Å². The van der Waals surface area contributed by atoms with Gasteiger partial charge in [-0.2, -0.15) is 0 Å². The highest BCUT2D eigenvalue weighted by molar-refractivity contribution is 7.14. The van der Waals surface area contributed by atoms with Gasteiger partial charge in [-0.3, -0.25) is 4.79 Å². The molecule has 0 bridgehead atoms. The van der Waals surface area contributed by atoms with Gasteiger partial charge in [-0.05, 0) is 49.3 Å². The Kier molecular flexibility index (Phi) is 8.34. The topological polar surface area (TPSA) is 70.0 Å². The van der Waals surface area contributed by atoms with Gasteiger partial charge in [0, 0.05) is 42.4 Å². The first kappa shape index (κ1) is 20.2. The van der Waals surface area contributed by atoms with Crippen molar-refractivity contribution < 1.29 is 19.7 Å². The van der Waals surface area contributed by atoms with E-state index in [0.29, 0.717) is 24.4 Å². The van der Waals surface area contributed by atoms with E-state index in [4.69, 9.17) is 14.9 Å². The molecule has 1 aromatic carbocycles. The van der Waals surface area contributed by atoms with Crippen LogP contribution in [0.15, 0.2) is 30.3 Å². The van der Waals surface area contributed by atoms with E-state index in [-0.39, 0.29) is 13.2 Å². The minimum Gasteiger partial charge on any atom is -0.493 e. The van der Waals surface area contributed by atoms with Gasteiger partial charge in [0.25, 0.3) is 0 Å². The van der Waals surface area contributed by atoms with E-state index in [1.54, 1.807) is 6.07 Å². The predicted octanol–water partition coefficient (Wildman–Crippen LogP) is 3.31. The van der Waals surface area contributed by atoms with Crippen LogP contribution in [0.1, 0.15) is 33.0 Å². The number of aldehydes is 1. The van der Waals surface area contributed by atoms with Crippen LogP contribution in [0.25, 0.3) is 12.2 Å². The molecule has 0 aliphatic heterocycles. The van der Waals surface area contributed by atoms with Gasteiger partial charge in [-0.15, -0.1) is 11.3 Å². The number of benzene rings is 1. The standard InChI is InChI=1S/C20H25NO4S/c1-21(10-12-23)17-6-4-16(20(14-17)25-13-3-2-11-22)5-7-18-8-9-19(15-24)26-18/h4-9,14-15,22-23H,2-3,10-13H2,1H3/b7-5+. The molecular formula is C20H25NO4S. The highest BCUT2D eigenvalue weighted by Gasteiger charge is 2.07. The van der Waals surface area contributed by atoms with Crippen LogP contribution in [0.5, 0.6) is 5.75 Å². The van der Waals surface area contributed by atoms with Crippen LogP contribution in [0.3, 0.4) is 0 Å². The van der Waals surface area contributed by atoms with Crippen LogP contribution in [-0.2, 0) is 0 Å². The fourth-order valence-electron chi connectivity index (χ4n) is 2.39. The third kappa shape index (κ3) is 5.98. The Morgan fingerprint density at radius 2 is 1.88 bits per heavy atom. The SMILES string of the molecule is CN(CCO)c1ccc(/C=C/c2ccc(C=O)s2)c(OCCCCO)c1. The van der Waals surface area contributed by atoms with Crippen molar-refractivity contribution in [2.24, 2.45) is 0 Å². The smallest absolute Gasteiger partial charge is 0.160 e. The van der Waals surface area contributed by atoms with Crippen molar-refractivity contribution >= 4 is 35.5 Å². The van der Waals surface area contributed by atoms with Crippen LogP contribution < -0.4 is 9.64 Å². The van der Waals surface area contributed by atoms with Crippen LogP contribution in [0, 0.1) is 0 Å². The molecule has 0 saturated heterocycles. The van der Waals surface area contributed by atoms with E-state index in [9.17, 15) is 4.79 Å². The highest BCUT2D eigenvalue weighted by Crippen LogP contribution is 2.28. The number of carbonyl (C=O) groups is 1. The quantitative estimate of drug-likeness (QED) is 0.466. The molecule has 0 radical (unpaired) electrons. The molecule has 2 rings (SSSR count). The third-order valence-corrected chi connectivity index (χ3v) is 4.85. The normalized spacial score (nSPS) is 11.0. The molecule has 0 spiro atoms. The molecule has 0 amide bonds. The molecule has 0 fully saturated rings. The van der Waals surface area contributed by atoms with Crippen molar-refractivity contribution in [2.45, 2.75) is 12.8 Å². The number of rotatable bonds is 11. The first-order valence-corrected chi connectivity index (χ1v) is 9.42. The Morgan fingerprint density at radius 3 is 2.58 bits per heavy atom. The van der Waals surface area contributed by atoms with Crippen LogP contribution >= 0.6 is 11.3 Å². The molecule has 2 N–H and O–H groups in total. The minimum atomic E-state index is 0.0856. The van der Waals surface area contributed by atoms with Crippen LogP contribution in [0.2, 0.25) is 0 Å². The highest BCUT2D eigenvalue weighted by atomic mass is 32.1. The number of carbonyl (C=O) groups excluding carboxylic acids is 1. The number of aliphatic hydroxyl groups excluding tert-OH is 2. The Balaban J connectivity index is 2.19. The number of hydrogen-bond donors (Lipinski definition) is 2. The van der Waals surface area contributed by atoms with Gasteiger partial charge in [0.1, 0.15) is 5.75 Å².